The van der Waals surface area contributed by atoms with Gasteiger partial charge in [-0.3, -0.25) is 14.5 Å². The third-order valence-corrected chi connectivity index (χ3v) is 7.50. The average Bonchev–Trinajstić information content (AvgIpc) is 3.38. The second-order valence-corrected chi connectivity index (χ2v) is 10.4. The fraction of sp³-hybridized carbons (Fsp3) is 0.188. The van der Waals surface area contributed by atoms with E-state index in [1.807, 2.05) is 99.6 Å². The number of imide groups is 1. The lowest BCUT2D eigenvalue weighted by Crippen LogP contribution is -2.32. The van der Waals surface area contributed by atoms with Crippen molar-refractivity contribution in [3.8, 4) is 28.7 Å². The molecule has 2 heterocycles. The molecule has 1 aliphatic rings. The largest absolute Gasteiger partial charge is 0.497 e. The number of aromatic nitrogens is 1. The van der Waals surface area contributed by atoms with Gasteiger partial charge in [0.15, 0.2) is 0 Å². The van der Waals surface area contributed by atoms with Crippen molar-refractivity contribution in [1.29, 1.82) is 0 Å². The molecule has 40 heavy (non-hydrogen) atoms. The van der Waals surface area contributed by atoms with Crippen molar-refractivity contribution in [2.75, 3.05) is 20.3 Å². The van der Waals surface area contributed by atoms with E-state index in [0.29, 0.717) is 4.91 Å². The number of carbonyl (C=O) groups is 2. The summed E-state index contributed by atoms with van der Waals surface area (Å²) in [5.41, 5.74) is 4.92. The van der Waals surface area contributed by atoms with Crippen LogP contribution in [0, 0.1) is 20.8 Å². The third kappa shape index (κ3) is 5.92. The van der Waals surface area contributed by atoms with Gasteiger partial charge in [0.1, 0.15) is 29.6 Å². The van der Waals surface area contributed by atoms with Crippen molar-refractivity contribution >= 4 is 29.0 Å². The SMILES string of the molecule is COc1ccc(Oc2ccc(-n3c(C)cc(/C=C4\SC(=O)N(CCOc5cccc(C)c5)C4=O)c3C)cc2)cc1. The van der Waals surface area contributed by atoms with Crippen LogP contribution < -0.4 is 14.2 Å². The first kappa shape index (κ1) is 27.1. The third-order valence-electron chi connectivity index (χ3n) is 6.59. The molecule has 0 N–H and O–H groups in total. The molecular formula is C32H30N2O5S. The molecule has 0 radical (unpaired) electrons. The smallest absolute Gasteiger partial charge is 0.293 e. The first-order chi connectivity index (χ1) is 19.3. The van der Waals surface area contributed by atoms with Crippen LogP contribution in [0.2, 0.25) is 0 Å². The molecule has 8 heteroatoms. The summed E-state index contributed by atoms with van der Waals surface area (Å²) in [7, 11) is 1.63. The summed E-state index contributed by atoms with van der Waals surface area (Å²) >= 11 is 0.959. The van der Waals surface area contributed by atoms with E-state index in [-0.39, 0.29) is 24.3 Å². The number of ether oxygens (including phenoxy) is 3. The van der Waals surface area contributed by atoms with Gasteiger partial charge in [0.25, 0.3) is 11.1 Å². The van der Waals surface area contributed by atoms with Crippen LogP contribution in [-0.2, 0) is 4.79 Å². The summed E-state index contributed by atoms with van der Waals surface area (Å²) in [6.45, 7) is 6.43. The Kier molecular flexibility index (Phi) is 7.98. The van der Waals surface area contributed by atoms with Gasteiger partial charge in [-0.1, -0.05) is 12.1 Å². The minimum Gasteiger partial charge on any atom is -0.497 e. The van der Waals surface area contributed by atoms with E-state index >= 15 is 0 Å². The maximum Gasteiger partial charge on any atom is 0.293 e. The molecule has 0 atom stereocenters. The minimum absolute atomic E-state index is 0.194. The van der Waals surface area contributed by atoms with E-state index < -0.39 is 0 Å². The van der Waals surface area contributed by atoms with Gasteiger partial charge in [-0.25, -0.2) is 0 Å². The van der Waals surface area contributed by atoms with Gasteiger partial charge in [-0.05, 0) is 116 Å². The summed E-state index contributed by atoms with van der Waals surface area (Å²) in [5, 5.41) is -0.287. The summed E-state index contributed by atoms with van der Waals surface area (Å²) in [6, 6.07) is 24.9. The van der Waals surface area contributed by atoms with Crippen LogP contribution in [0.3, 0.4) is 0 Å². The molecule has 2 amide bonds. The standard InChI is InChI=1S/C32H30N2O5S/c1-21-6-5-7-29(18-21)38-17-16-33-31(35)30(40-32(33)36)20-24-19-22(2)34(23(24)3)25-8-10-27(11-9-25)39-28-14-12-26(37-4)13-15-28/h5-15,18-20H,16-17H2,1-4H3/b30-20-. The molecule has 0 bridgehead atoms. The Morgan fingerprint density at radius 3 is 2.17 bits per heavy atom. The lowest BCUT2D eigenvalue weighted by atomic mass is 10.2. The van der Waals surface area contributed by atoms with Crippen molar-refractivity contribution in [2.24, 2.45) is 0 Å². The van der Waals surface area contributed by atoms with Gasteiger partial charge in [-0.15, -0.1) is 0 Å². The maximum absolute atomic E-state index is 13.0. The van der Waals surface area contributed by atoms with E-state index in [4.69, 9.17) is 14.2 Å². The first-order valence-electron chi connectivity index (χ1n) is 12.9. The second-order valence-electron chi connectivity index (χ2n) is 9.43. The van der Waals surface area contributed by atoms with Gasteiger partial charge in [-0.2, -0.15) is 0 Å². The van der Waals surface area contributed by atoms with Gasteiger partial charge in [0.05, 0.1) is 18.6 Å². The van der Waals surface area contributed by atoms with Gasteiger partial charge < -0.3 is 18.8 Å². The topological polar surface area (TPSA) is 70.0 Å². The maximum atomic E-state index is 13.0. The highest BCUT2D eigenvalue weighted by atomic mass is 32.2. The monoisotopic (exact) mass is 554 g/mol. The van der Waals surface area contributed by atoms with E-state index in [1.54, 1.807) is 13.2 Å². The fourth-order valence-corrected chi connectivity index (χ4v) is 5.42. The number of carbonyl (C=O) groups excluding carboxylic acids is 2. The van der Waals surface area contributed by atoms with Gasteiger partial charge >= 0.3 is 0 Å². The van der Waals surface area contributed by atoms with Crippen LogP contribution in [-0.4, -0.2) is 40.9 Å². The van der Waals surface area contributed by atoms with Crippen LogP contribution in [0.25, 0.3) is 11.8 Å². The number of methoxy groups -OCH3 is 1. The number of hydrogen-bond acceptors (Lipinski definition) is 6. The highest BCUT2D eigenvalue weighted by Gasteiger charge is 2.35. The average molecular weight is 555 g/mol. The minimum atomic E-state index is -0.298. The first-order valence-corrected chi connectivity index (χ1v) is 13.7. The number of hydrogen-bond donors (Lipinski definition) is 0. The molecule has 0 spiro atoms. The van der Waals surface area contributed by atoms with Gasteiger partial charge in [0, 0.05) is 17.1 Å². The fourth-order valence-electron chi connectivity index (χ4n) is 4.57. The van der Waals surface area contributed by atoms with Gasteiger partial charge in [0.2, 0.25) is 0 Å². The normalized spacial score (nSPS) is 14.2. The zero-order valence-electron chi connectivity index (χ0n) is 22.8. The predicted molar refractivity (Wildman–Crippen MR) is 158 cm³/mol. The molecule has 4 aromatic rings. The number of nitrogens with zero attached hydrogens (tertiary/aromatic N) is 2. The zero-order valence-corrected chi connectivity index (χ0v) is 23.7. The van der Waals surface area contributed by atoms with E-state index in [0.717, 1.165) is 63.0 Å². The number of amides is 2. The molecule has 204 valence electrons. The van der Waals surface area contributed by atoms with E-state index in [9.17, 15) is 9.59 Å². The Morgan fingerprint density at radius 1 is 0.825 bits per heavy atom. The summed E-state index contributed by atoms with van der Waals surface area (Å²) < 4.78 is 19.0. The molecular weight excluding hydrogens is 524 g/mol. The molecule has 3 aromatic carbocycles. The predicted octanol–water partition coefficient (Wildman–Crippen LogP) is 7.32. The Labute approximate surface area is 238 Å². The van der Waals surface area contributed by atoms with Crippen LogP contribution >= 0.6 is 11.8 Å². The van der Waals surface area contributed by atoms with Crippen molar-refractivity contribution in [1.82, 2.24) is 9.47 Å². The van der Waals surface area contributed by atoms with Crippen molar-refractivity contribution in [3.63, 3.8) is 0 Å². The molecule has 1 fully saturated rings. The Bertz CT molecular complexity index is 1570. The molecule has 1 aromatic heterocycles. The Hall–Kier alpha value is -4.43. The Morgan fingerprint density at radius 2 is 1.50 bits per heavy atom. The van der Waals surface area contributed by atoms with Crippen molar-refractivity contribution in [3.05, 3.63) is 106 Å². The quantitative estimate of drug-likeness (QED) is 0.202. The summed E-state index contributed by atoms with van der Waals surface area (Å²) in [4.78, 5) is 27.3. The van der Waals surface area contributed by atoms with Crippen LogP contribution in [0.15, 0.2) is 83.8 Å². The molecule has 1 aliphatic heterocycles. The van der Waals surface area contributed by atoms with E-state index in [2.05, 4.69) is 4.57 Å². The summed E-state index contributed by atoms with van der Waals surface area (Å²) in [6.07, 6.45) is 1.80. The molecule has 0 unspecified atom stereocenters. The molecule has 5 rings (SSSR count). The van der Waals surface area contributed by atoms with Crippen LogP contribution in [0.5, 0.6) is 23.0 Å². The summed E-state index contributed by atoms with van der Waals surface area (Å²) in [5.74, 6) is 2.63. The lowest BCUT2D eigenvalue weighted by Gasteiger charge is -2.13. The highest BCUT2D eigenvalue weighted by Crippen LogP contribution is 2.34. The molecule has 7 nitrogen and oxygen atoms in total. The van der Waals surface area contributed by atoms with Crippen LogP contribution in [0.4, 0.5) is 4.79 Å². The van der Waals surface area contributed by atoms with Crippen LogP contribution in [0.1, 0.15) is 22.5 Å². The number of benzene rings is 3. The molecule has 0 saturated carbocycles. The van der Waals surface area contributed by atoms with E-state index in [1.165, 1.54) is 4.90 Å². The second kappa shape index (κ2) is 11.8. The Balaban J connectivity index is 1.27. The molecule has 0 aliphatic carbocycles. The lowest BCUT2D eigenvalue weighted by molar-refractivity contribution is -0.123. The molecule has 1 saturated heterocycles. The zero-order chi connectivity index (χ0) is 28.2. The number of thioether (sulfide) groups is 1. The number of aryl methyl sites for hydroxylation is 2. The van der Waals surface area contributed by atoms with Crippen molar-refractivity contribution < 1.29 is 23.8 Å². The number of rotatable bonds is 9. The highest BCUT2D eigenvalue weighted by molar-refractivity contribution is 8.18. The van der Waals surface area contributed by atoms with Crippen molar-refractivity contribution in [2.45, 2.75) is 20.8 Å².